The molecule has 6 nitrogen and oxygen atoms in total. The standard InChI is InChI=1S/C14H20N4O2/c19-13(16-8-12-7-15-9-17-12)10-3-5-18(6-4-10)14(20)11-1-2-11/h7,9-11H,1-6,8H2,(H,15,17)(H,16,19). The summed E-state index contributed by atoms with van der Waals surface area (Å²) in [5.74, 6) is 0.682. The summed E-state index contributed by atoms with van der Waals surface area (Å²) in [5, 5.41) is 2.92. The van der Waals surface area contributed by atoms with E-state index in [1.165, 1.54) is 0 Å². The minimum atomic E-state index is 0.0289. The van der Waals surface area contributed by atoms with Crippen molar-refractivity contribution in [2.45, 2.75) is 32.2 Å². The first-order chi connectivity index (χ1) is 9.74. The summed E-state index contributed by atoms with van der Waals surface area (Å²) >= 11 is 0. The summed E-state index contributed by atoms with van der Waals surface area (Å²) in [7, 11) is 0. The van der Waals surface area contributed by atoms with Crippen molar-refractivity contribution in [1.29, 1.82) is 0 Å². The number of H-pyrrole nitrogens is 1. The van der Waals surface area contributed by atoms with Gasteiger partial charge in [-0.05, 0) is 25.7 Å². The van der Waals surface area contributed by atoms with Crippen LogP contribution < -0.4 is 5.32 Å². The Morgan fingerprint density at radius 3 is 2.60 bits per heavy atom. The topological polar surface area (TPSA) is 78.1 Å². The van der Waals surface area contributed by atoms with Gasteiger partial charge in [0, 0.05) is 31.1 Å². The molecule has 1 aromatic rings. The van der Waals surface area contributed by atoms with Gasteiger partial charge in [0.2, 0.25) is 11.8 Å². The van der Waals surface area contributed by atoms with Crippen molar-refractivity contribution in [2.24, 2.45) is 11.8 Å². The minimum Gasteiger partial charge on any atom is -0.350 e. The molecule has 2 amide bonds. The van der Waals surface area contributed by atoms with Gasteiger partial charge in [0.1, 0.15) is 0 Å². The van der Waals surface area contributed by atoms with E-state index in [0.29, 0.717) is 12.5 Å². The number of carbonyl (C=O) groups is 2. The van der Waals surface area contributed by atoms with Crippen LogP contribution in [-0.4, -0.2) is 39.8 Å². The molecule has 2 heterocycles. The van der Waals surface area contributed by atoms with Gasteiger partial charge in [0.15, 0.2) is 0 Å². The highest BCUT2D eigenvalue weighted by Crippen LogP contribution is 2.32. The van der Waals surface area contributed by atoms with Gasteiger partial charge in [-0.15, -0.1) is 0 Å². The fraction of sp³-hybridized carbons (Fsp3) is 0.643. The highest BCUT2D eigenvalue weighted by molar-refractivity contribution is 5.82. The third-order valence-corrected chi connectivity index (χ3v) is 4.11. The molecule has 0 radical (unpaired) electrons. The van der Waals surface area contributed by atoms with Gasteiger partial charge in [0.05, 0.1) is 18.6 Å². The molecule has 1 aliphatic carbocycles. The Bertz CT molecular complexity index is 473. The fourth-order valence-electron chi connectivity index (χ4n) is 2.66. The Hall–Kier alpha value is -1.85. The quantitative estimate of drug-likeness (QED) is 0.848. The number of carbonyl (C=O) groups excluding carboxylic acids is 2. The van der Waals surface area contributed by atoms with Crippen LogP contribution >= 0.6 is 0 Å². The van der Waals surface area contributed by atoms with E-state index < -0.39 is 0 Å². The van der Waals surface area contributed by atoms with Crippen LogP contribution in [0.2, 0.25) is 0 Å². The Morgan fingerprint density at radius 2 is 2.00 bits per heavy atom. The number of hydrogen-bond donors (Lipinski definition) is 2. The lowest BCUT2D eigenvalue weighted by atomic mass is 9.95. The number of likely N-dealkylation sites (tertiary alicyclic amines) is 1. The smallest absolute Gasteiger partial charge is 0.225 e. The van der Waals surface area contributed by atoms with Gasteiger partial charge >= 0.3 is 0 Å². The summed E-state index contributed by atoms with van der Waals surface area (Å²) < 4.78 is 0. The number of nitrogens with zero attached hydrogens (tertiary/aromatic N) is 2. The molecule has 2 fully saturated rings. The molecule has 2 aliphatic rings. The Labute approximate surface area is 117 Å². The maximum Gasteiger partial charge on any atom is 0.225 e. The Balaban J connectivity index is 1.42. The molecule has 0 bridgehead atoms. The molecule has 1 saturated heterocycles. The minimum absolute atomic E-state index is 0.0289. The molecule has 0 spiro atoms. The molecule has 2 N–H and O–H groups in total. The van der Waals surface area contributed by atoms with Crippen molar-refractivity contribution >= 4 is 11.8 Å². The average Bonchev–Trinajstić information content (AvgIpc) is 3.21. The first kappa shape index (κ1) is 13.1. The van der Waals surface area contributed by atoms with Crippen LogP contribution in [0, 0.1) is 11.8 Å². The van der Waals surface area contributed by atoms with Crippen LogP contribution in [0.25, 0.3) is 0 Å². The molecule has 0 atom stereocenters. The van der Waals surface area contributed by atoms with E-state index >= 15 is 0 Å². The molecule has 0 aromatic carbocycles. The number of amides is 2. The van der Waals surface area contributed by atoms with Gasteiger partial charge < -0.3 is 15.2 Å². The first-order valence-corrected chi connectivity index (χ1v) is 7.28. The third kappa shape index (κ3) is 3.00. The highest BCUT2D eigenvalue weighted by atomic mass is 16.2. The maximum absolute atomic E-state index is 12.1. The number of aromatic nitrogens is 2. The van der Waals surface area contributed by atoms with Crippen LogP contribution in [0.1, 0.15) is 31.4 Å². The molecule has 1 aromatic heterocycles. The number of imidazole rings is 1. The second-order valence-electron chi connectivity index (χ2n) is 5.67. The van der Waals surface area contributed by atoms with Gasteiger partial charge in [-0.25, -0.2) is 4.98 Å². The Kier molecular flexibility index (Phi) is 3.71. The number of aromatic amines is 1. The van der Waals surface area contributed by atoms with E-state index in [-0.39, 0.29) is 17.7 Å². The van der Waals surface area contributed by atoms with Gasteiger partial charge in [-0.3, -0.25) is 9.59 Å². The molecule has 6 heteroatoms. The first-order valence-electron chi connectivity index (χ1n) is 7.28. The number of piperidine rings is 1. The van der Waals surface area contributed by atoms with E-state index in [1.54, 1.807) is 12.5 Å². The largest absolute Gasteiger partial charge is 0.350 e. The van der Waals surface area contributed by atoms with E-state index in [4.69, 9.17) is 0 Å². The molecule has 1 aliphatic heterocycles. The van der Waals surface area contributed by atoms with Crippen LogP contribution in [-0.2, 0) is 16.1 Å². The van der Waals surface area contributed by atoms with Gasteiger partial charge in [-0.1, -0.05) is 0 Å². The van der Waals surface area contributed by atoms with Gasteiger partial charge in [-0.2, -0.15) is 0 Å². The van der Waals surface area contributed by atoms with E-state index in [1.807, 2.05) is 4.90 Å². The van der Waals surface area contributed by atoms with Crippen LogP contribution in [0.3, 0.4) is 0 Å². The lowest BCUT2D eigenvalue weighted by Crippen LogP contribution is -2.43. The van der Waals surface area contributed by atoms with E-state index in [0.717, 1.165) is 44.5 Å². The molecule has 108 valence electrons. The number of nitrogens with one attached hydrogen (secondary N) is 2. The summed E-state index contributed by atoms with van der Waals surface area (Å²) in [6, 6.07) is 0. The summed E-state index contributed by atoms with van der Waals surface area (Å²) in [6.07, 6.45) is 6.94. The summed E-state index contributed by atoms with van der Waals surface area (Å²) in [5.41, 5.74) is 0.902. The maximum atomic E-state index is 12.1. The van der Waals surface area contributed by atoms with Crippen LogP contribution in [0.5, 0.6) is 0 Å². The zero-order valence-electron chi connectivity index (χ0n) is 11.5. The monoisotopic (exact) mass is 276 g/mol. The van der Waals surface area contributed by atoms with Crippen LogP contribution in [0.15, 0.2) is 12.5 Å². The van der Waals surface area contributed by atoms with Gasteiger partial charge in [0.25, 0.3) is 0 Å². The zero-order chi connectivity index (χ0) is 13.9. The van der Waals surface area contributed by atoms with Crippen molar-refractivity contribution in [3.05, 3.63) is 18.2 Å². The molecular formula is C14H20N4O2. The SMILES string of the molecule is O=C(NCc1cnc[nH]1)C1CCN(C(=O)C2CC2)CC1. The average molecular weight is 276 g/mol. The molecule has 0 unspecified atom stereocenters. The van der Waals surface area contributed by atoms with E-state index in [9.17, 15) is 9.59 Å². The second kappa shape index (κ2) is 5.64. The summed E-state index contributed by atoms with van der Waals surface area (Å²) in [4.78, 5) is 32.8. The molecular weight excluding hydrogens is 256 g/mol. The zero-order valence-corrected chi connectivity index (χ0v) is 11.5. The summed E-state index contributed by atoms with van der Waals surface area (Å²) in [6.45, 7) is 1.93. The molecule has 1 saturated carbocycles. The van der Waals surface area contributed by atoms with Crippen molar-refractivity contribution < 1.29 is 9.59 Å². The van der Waals surface area contributed by atoms with Crippen molar-refractivity contribution in [3.8, 4) is 0 Å². The molecule has 3 rings (SSSR count). The Morgan fingerprint density at radius 1 is 1.25 bits per heavy atom. The number of hydrogen-bond acceptors (Lipinski definition) is 3. The fourth-order valence-corrected chi connectivity index (χ4v) is 2.66. The third-order valence-electron chi connectivity index (χ3n) is 4.11. The number of rotatable bonds is 4. The predicted octanol–water partition coefficient (Wildman–Crippen LogP) is 0.674. The van der Waals surface area contributed by atoms with Crippen LogP contribution in [0.4, 0.5) is 0 Å². The second-order valence-corrected chi connectivity index (χ2v) is 5.67. The lowest BCUT2D eigenvalue weighted by molar-refractivity contribution is -0.136. The lowest BCUT2D eigenvalue weighted by Gasteiger charge is -2.31. The van der Waals surface area contributed by atoms with Crippen molar-refractivity contribution in [3.63, 3.8) is 0 Å². The van der Waals surface area contributed by atoms with Crippen molar-refractivity contribution in [1.82, 2.24) is 20.2 Å². The van der Waals surface area contributed by atoms with E-state index in [2.05, 4.69) is 15.3 Å². The molecule has 20 heavy (non-hydrogen) atoms. The van der Waals surface area contributed by atoms with Crippen molar-refractivity contribution in [2.75, 3.05) is 13.1 Å². The normalized spacial score (nSPS) is 19.9. The predicted molar refractivity (Wildman–Crippen MR) is 72.5 cm³/mol. The highest BCUT2D eigenvalue weighted by Gasteiger charge is 2.35.